The highest BCUT2D eigenvalue weighted by molar-refractivity contribution is 5.94. The van der Waals surface area contributed by atoms with Gasteiger partial charge in [0.1, 0.15) is 11.8 Å². The second-order valence-electron chi connectivity index (χ2n) is 6.56. The molecule has 0 spiro atoms. The lowest BCUT2D eigenvalue weighted by Gasteiger charge is -2.33. The summed E-state index contributed by atoms with van der Waals surface area (Å²) in [7, 11) is 1.62. The van der Waals surface area contributed by atoms with Crippen LogP contribution in [0.25, 0.3) is 11.4 Å². The molecule has 0 radical (unpaired) electrons. The maximum absolute atomic E-state index is 13.0. The van der Waals surface area contributed by atoms with E-state index in [4.69, 9.17) is 9.26 Å². The quantitative estimate of drug-likeness (QED) is 0.698. The summed E-state index contributed by atoms with van der Waals surface area (Å²) in [6, 6.07) is 16.7. The first-order valence-electron chi connectivity index (χ1n) is 9.10. The van der Waals surface area contributed by atoms with Crippen molar-refractivity contribution in [2.45, 2.75) is 25.3 Å². The SMILES string of the molecule is COc1cccc(-c2noc(C3CCCCN3C(=O)c3ccccc3)n2)c1. The van der Waals surface area contributed by atoms with Gasteiger partial charge in [-0.15, -0.1) is 0 Å². The summed E-state index contributed by atoms with van der Waals surface area (Å²) in [4.78, 5) is 19.4. The number of ether oxygens (including phenoxy) is 1. The van der Waals surface area contributed by atoms with Crippen molar-refractivity contribution in [3.8, 4) is 17.1 Å². The average molecular weight is 363 g/mol. The first kappa shape index (κ1) is 17.3. The Morgan fingerprint density at radius 3 is 2.81 bits per heavy atom. The number of hydrogen-bond acceptors (Lipinski definition) is 5. The van der Waals surface area contributed by atoms with Crippen LogP contribution in [0.4, 0.5) is 0 Å². The van der Waals surface area contributed by atoms with E-state index >= 15 is 0 Å². The van der Waals surface area contributed by atoms with Crippen LogP contribution in [0, 0.1) is 0 Å². The number of piperidine rings is 1. The first-order chi connectivity index (χ1) is 13.3. The molecule has 3 aromatic rings. The predicted molar refractivity (Wildman–Crippen MR) is 100 cm³/mol. The number of rotatable bonds is 4. The molecule has 4 rings (SSSR count). The monoisotopic (exact) mass is 363 g/mol. The molecule has 1 aliphatic rings. The third kappa shape index (κ3) is 3.56. The smallest absolute Gasteiger partial charge is 0.254 e. The van der Waals surface area contributed by atoms with Gasteiger partial charge in [-0.05, 0) is 43.5 Å². The highest BCUT2D eigenvalue weighted by Crippen LogP contribution is 2.32. The van der Waals surface area contributed by atoms with Crippen LogP contribution < -0.4 is 4.74 Å². The third-order valence-electron chi connectivity index (χ3n) is 4.84. The lowest BCUT2D eigenvalue weighted by atomic mass is 10.0. The van der Waals surface area contributed by atoms with Crippen molar-refractivity contribution in [2.75, 3.05) is 13.7 Å². The van der Waals surface area contributed by atoms with Gasteiger partial charge in [0.05, 0.1) is 7.11 Å². The normalized spacial score (nSPS) is 16.9. The summed E-state index contributed by atoms with van der Waals surface area (Å²) in [5.41, 5.74) is 1.50. The third-order valence-corrected chi connectivity index (χ3v) is 4.84. The molecule has 6 heteroatoms. The molecule has 1 fully saturated rings. The fourth-order valence-corrected chi connectivity index (χ4v) is 3.43. The molecule has 1 unspecified atom stereocenters. The second-order valence-corrected chi connectivity index (χ2v) is 6.56. The molecule has 1 saturated heterocycles. The number of aromatic nitrogens is 2. The van der Waals surface area contributed by atoms with E-state index in [0.29, 0.717) is 23.8 Å². The van der Waals surface area contributed by atoms with Crippen molar-refractivity contribution in [2.24, 2.45) is 0 Å². The molecular weight excluding hydrogens is 342 g/mol. The zero-order valence-corrected chi connectivity index (χ0v) is 15.2. The van der Waals surface area contributed by atoms with Crippen LogP contribution >= 0.6 is 0 Å². The maximum Gasteiger partial charge on any atom is 0.254 e. The van der Waals surface area contributed by atoms with Crippen molar-refractivity contribution in [3.05, 3.63) is 66.1 Å². The lowest BCUT2D eigenvalue weighted by Crippen LogP contribution is -2.38. The number of nitrogens with zero attached hydrogens (tertiary/aromatic N) is 3. The molecule has 2 aromatic carbocycles. The number of carbonyl (C=O) groups is 1. The van der Waals surface area contributed by atoms with Gasteiger partial charge >= 0.3 is 0 Å². The molecule has 6 nitrogen and oxygen atoms in total. The Morgan fingerprint density at radius 1 is 1.15 bits per heavy atom. The van der Waals surface area contributed by atoms with E-state index in [0.717, 1.165) is 30.6 Å². The van der Waals surface area contributed by atoms with E-state index in [1.807, 2.05) is 59.5 Å². The van der Waals surface area contributed by atoms with Gasteiger partial charge < -0.3 is 14.2 Å². The van der Waals surface area contributed by atoms with Crippen molar-refractivity contribution < 1.29 is 14.1 Å². The second kappa shape index (κ2) is 7.61. The highest BCUT2D eigenvalue weighted by atomic mass is 16.5. The highest BCUT2D eigenvalue weighted by Gasteiger charge is 2.32. The van der Waals surface area contributed by atoms with Crippen LogP contribution in [0.15, 0.2) is 59.1 Å². The summed E-state index contributed by atoms with van der Waals surface area (Å²) in [6.07, 6.45) is 2.82. The Labute approximate surface area is 157 Å². The Hall–Kier alpha value is -3.15. The van der Waals surface area contributed by atoms with Crippen LogP contribution in [0.3, 0.4) is 0 Å². The molecule has 2 heterocycles. The van der Waals surface area contributed by atoms with Gasteiger partial charge in [0.15, 0.2) is 0 Å². The van der Waals surface area contributed by atoms with Crippen LogP contribution in [-0.2, 0) is 0 Å². The fraction of sp³-hybridized carbons (Fsp3) is 0.286. The minimum atomic E-state index is -0.196. The van der Waals surface area contributed by atoms with Gasteiger partial charge in [0.2, 0.25) is 11.7 Å². The Morgan fingerprint density at radius 2 is 2.00 bits per heavy atom. The molecule has 0 N–H and O–H groups in total. The number of benzene rings is 2. The molecular formula is C21H21N3O3. The molecule has 27 heavy (non-hydrogen) atoms. The molecule has 0 bridgehead atoms. The number of hydrogen-bond donors (Lipinski definition) is 0. The Bertz CT molecular complexity index is 923. The minimum Gasteiger partial charge on any atom is -0.497 e. The standard InChI is InChI=1S/C21H21N3O3/c1-26-17-11-7-10-16(14-17)19-22-20(27-23-19)18-12-5-6-13-24(18)21(25)15-8-3-2-4-9-15/h2-4,7-11,14,18H,5-6,12-13H2,1H3. The largest absolute Gasteiger partial charge is 0.497 e. The summed E-state index contributed by atoms with van der Waals surface area (Å²) in [5, 5.41) is 4.12. The molecule has 1 amide bonds. The van der Waals surface area contributed by atoms with E-state index in [1.54, 1.807) is 7.11 Å². The van der Waals surface area contributed by atoms with Crippen molar-refractivity contribution in [1.82, 2.24) is 15.0 Å². The predicted octanol–water partition coefficient (Wildman–Crippen LogP) is 4.11. The molecule has 1 aromatic heterocycles. The van der Waals surface area contributed by atoms with E-state index in [2.05, 4.69) is 10.1 Å². The topological polar surface area (TPSA) is 68.5 Å². The van der Waals surface area contributed by atoms with E-state index in [1.165, 1.54) is 0 Å². The Balaban J connectivity index is 1.61. The molecule has 0 saturated carbocycles. The van der Waals surface area contributed by atoms with Crippen molar-refractivity contribution in [3.63, 3.8) is 0 Å². The van der Waals surface area contributed by atoms with Gasteiger partial charge in [0, 0.05) is 17.7 Å². The lowest BCUT2D eigenvalue weighted by molar-refractivity contribution is 0.0561. The zero-order chi connectivity index (χ0) is 18.6. The van der Waals surface area contributed by atoms with Gasteiger partial charge in [-0.1, -0.05) is 35.5 Å². The van der Waals surface area contributed by atoms with Gasteiger partial charge in [-0.2, -0.15) is 4.98 Å². The molecule has 0 aliphatic carbocycles. The van der Waals surface area contributed by atoms with Crippen LogP contribution in [-0.4, -0.2) is 34.6 Å². The maximum atomic E-state index is 13.0. The number of carbonyl (C=O) groups excluding carboxylic acids is 1. The van der Waals surface area contributed by atoms with Crippen LogP contribution in [0.5, 0.6) is 5.75 Å². The van der Waals surface area contributed by atoms with E-state index < -0.39 is 0 Å². The van der Waals surface area contributed by atoms with Crippen molar-refractivity contribution in [1.29, 1.82) is 0 Å². The number of likely N-dealkylation sites (tertiary alicyclic amines) is 1. The average Bonchev–Trinajstić information content (AvgIpc) is 3.24. The molecule has 138 valence electrons. The zero-order valence-electron chi connectivity index (χ0n) is 15.2. The summed E-state index contributed by atoms with van der Waals surface area (Å²) >= 11 is 0. The minimum absolute atomic E-state index is 0.00132. The summed E-state index contributed by atoms with van der Waals surface area (Å²) in [5.74, 6) is 1.72. The number of amides is 1. The fourth-order valence-electron chi connectivity index (χ4n) is 3.43. The van der Waals surface area contributed by atoms with E-state index in [9.17, 15) is 4.79 Å². The first-order valence-corrected chi connectivity index (χ1v) is 9.10. The summed E-state index contributed by atoms with van der Waals surface area (Å²) < 4.78 is 10.8. The van der Waals surface area contributed by atoms with Crippen molar-refractivity contribution >= 4 is 5.91 Å². The van der Waals surface area contributed by atoms with E-state index in [-0.39, 0.29) is 11.9 Å². The van der Waals surface area contributed by atoms with Gasteiger partial charge in [-0.3, -0.25) is 4.79 Å². The van der Waals surface area contributed by atoms with Crippen LogP contribution in [0.2, 0.25) is 0 Å². The van der Waals surface area contributed by atoms with Gasteiger partial charge in [-0.25, -0.2) is 0 Å². The van der Waals surface area contributed by atoms with Crippen LogP contribution in [0.1, 0.15) is 41.6 Å². The van der Waals surface area contributed by atoms with Gasteiger partial charge in [0.25, 0.3) is 5.91 Å². The molecule has 1 atom stereocenters. The number of methoxy groups -OCH3 is 1. The Kier molecular flexibility index (Phi) is 4.87. The molecule has 1 aliphatic heterocycles. The summed E-state index contributed by atoms with van der Waals surface area (Å²) in [6.45, 7) is 0.690.